The van der Waals surface area contributed by atoms with E-state index in [0.717, 1.165) is 18.5 Å². The van der Waals surface area contributed by atoms with Crippen LogP contribution in [0.2, 0.25) is 0 Å². The normalized spacial score (nSPS) is 23.4. The van der Waals surface area contributed by atoms with E-state index in [1.807, 2.05) is 13.8 Å². The van der Waals surface area contributed by atoms with Gasteiger partial charge in [0.25, 0.3) is 11.8 Å². The zero-order valence-corrected chi connectivity index (χ0v) is 24.5. The van der Waals surface area contributed by atoms with E-state index in [-0.39, 0.29) is 42.7 Å². The predicted molar refractivity (Wildman–Crippen MR) is 150 cm³/mol. The molecule has 3 aliphatic heterocycles. The van der Waals surface area contributed by atoms with Crippen LogP contribution >= 0.6 is 0 Å². The largest absolute Gasteiger partial charge is 0.375 e. The van der Waals surface area contributed by atoms with E-state index in [1.54, 1.807) is 36.2 Å². The third-order valence-corrected chi connectivity index (χ3v) is 12.5. The highest BCUT2D eigenvalue weighted by Gasteiger charge is 2.61. The molecule has 1 aromatic heterocycles. The number of sulfone groups is 1. The number of nitrogens with one attached hydrogen (secondary N) is 1. The fraction of sp³-hybridized carbons (Fsp3) is 0.586. The van der Waals surface area contributed by atoms with E-state index in [4.69, 9.17) is 10.00 Å². The molecule has 0 spiro atoms. The number of aryl methyl sites for hydroxylation is 1. The Kier molecular flexibility index (Phi) is 6.75. The van der Waals surface area contributed by atoms with Crippen molar-refractivity contribution in [3.63, 3.8) is 0 Å². The Labute approximate surface area is 240 Å². The van der Waals surface area contributed by atoms with Crippen LogP contribution in [0, 0.1) is 11.3 Å². The summed E-state index contributed by atoms with van der Waals surface area (Å²) in [5.74, 6) is -0.669. The molecule has 0 radical (unpaired) electrons. The average molecular weight is 581 g/mol. The number of likely N-dealkylation sites (tertiary alicyclic amines) is 1. The van der Waals surface area contributed by atoms with Crippen LogP contribution in [-0.4, -0.2) is 94.2 Å². The van der Waals surface area contributed by atoms with Gasteiger partial charge >= 0.3 is 0 Å². The second-order valence-electron chi connectivity index (χ2n) is 12.5. The van der Waals surface area contributed by atoms with Crippen molar-refractivity contribution in [2.75, 3.05) is 32.8 Å². The molecule has 2 amide bonds. The topological polar surface area (TPSA) is 138 Å². The van der Waals surface area contributed by atoms with E-state index >= 15 is 0 Å². The Balaban J connectivity index is 1.14. The maximum absolute atomic E-state index is 14.1. The van der Waals surface area contributed by atoms with Crippen LogP contribution in [-0.2, 0) is 34.6 Å². The second kappa shape index (κ2) is 9.93. The van der Waals surface area contributed by atoms with Crippen LogP contribution in [0.3, 0.4) is 0 Å². The lowest BCUT2D eigenvalue weighted by Crippen LogP contribution is -2.55. The van der Waals surface area contributed by atoms with Gasteiger partial charge in [-0.2, -0.15) is 10.4 Å². The number of rotatable bonds is 9. The number of morpholine rings is 1. The maximum Gasteiger partial charge on any atom is 0.272 e. The summed E-state index contributed by atoms with van der Waals surface area (Å²) in [4.78, 5) is 30.6. The lowest BCUT2D eigenvalue weighted by molar-refractivity contribution is 0.0276. The quantitative estimate of drug-likeness (QED) is 0.470. The van der Waals surface area contributed by atoms with Crippen molar-refractivity contribution in [1.82, 2.24) is 24.9 Å². The first kappa shape index (κ1) is 27.9. The first-order valence-corrected chi connectivity index (χ1v) is 15.7. The molecular formula is C29H36N6O5S. The highest BCUT2D eigenvalue weighted by molar-refractivity contribution is 7.94. The van der Waals surface area contributed by atoms with Gasteiger partial charge < -0.3 is 15.0 Å². The second-order valence-corrected chi connectivity index (χ2v) is 15.5. The van der Waals surface area contributed by atoms with Crippen molar-refractivity contribution in [2.45, 2.75) is 67.7 Å². The Hall–Kier alpha value is -3.27. The van der Waals surface area contributed by atoms with Gasteiger partial charge in [0, 0.05) is 51.4 Å². The molecule has 4 aliphatic rings. The van der Waals surface area contributed by atoms with Gasteiger partial charge in [-0.1, -0.05) is 12.1 Å². The zero-order chi connectivity index (χ0) is 29.2. The van der Waals surface area contributed by atoms with Gasteiger partial charge in [0.05, 0.1) is 33.8 Å². The molecule has 2 bridgehead atoms. The lowest BCUT2D eigenvalue weighted by Gasteiger charge is -2.38. The number of carbonyl (C=O) groups is 2. The number of benzene rings is 1. The van der Waals surface area contributed by atoms with Crippen molar-refractivity contribution in [3.8, 4) is 6.07 Å². The molecule has 3 fully saturated rings. The molecule has 1 saturated carbocycles. The van der Waals surface area contributed by atoms with E-state index in [9.17, 15) is 18.0 Å². The minimum absolute atomic E-state index is 0.150. The van der Waals surface area contributed by atoms with Gasteiger partial charge in [0.2, 0.25) is 0 Å². The molecule has 1 aliphatic carbocycles. The summed E-state index contributed by atoms with van der Waals surface area (Å²) in [5.41, 5.74) is 2.52. The fourth-order valence-corrected chi connectivity index (χ4v) is 9.17. The molecule has 4 heterocycles. The van der Waals surface area contributed by atoms with Crippen LogP contribution < -0.4 is 5.32 Å². The molecule has 1 aromatic carbocycles. The molecule has 2 unspecified atom stereocenters. The van der Waals surface area contributed by atoms with Gasteiger partial charge in [-0.05, 0) is 57.2 Å². The number of carbonyl (C=O) groups excluding carboxylic acids is 2. The van der Waals surface area contributed by atoms with Crippen LogP contribution in [0.5, 0.6) is 0 Å². The molecule has 218 valence electrons. The molecule has 6 rings (SSSR count). The zero-order valence-electron chi connectivity index (χ0n) is 23.7. The summed E-state index contributed by atoms with van der Waals surface area (Å²) in [5, 5.41) is 16.2. The predicted octanol–water partition coefficient (Wildman–Crippen LogP) is 1.42. The molecule has 2 aromatic rings. The highest BCUT2D eigenvalue weighted by atomic mass is 32.2. The number of amides is 2. The third-order valence-electron chi connectivity index (χ3n) is 9.20. The lowest BCUT2D eigenvalue weighted by atomic mass is 10.0. The van der Waals surface area contributed by atoms with E-state index < -0.39 is 19.3 Å². The number of ether oxygens (including phenoxy) is 1. The van der Waals surface area contributed by atoms with Gasteiger partial charge in [0.15, 0.2) is 15.5 Å². The van der Waals surface area contributed by atoms with Crippen LogP contribution in [0.4, 0.5) is 0 Å². The van der Waals surface area contributed by atoms with Crippen molar-refractivity contribution < 1.29 is 22.7 Å². The van der Waals surface area contributed by atoms with Crippen LogP contribution in [0.1, 0.15) is 70.8 Å². The van der Waals surface area contributed by atoms with Gasteiger partial charge in [-0.3, -0.25) is 19.2 Å². The first-order chi connectivity index (χ1) is 19.4. The third kappa shape index (κ3) is 4.73. The average Bonchev–Trinajstić information content (AvgIpc) is 3.25. The van der Waals surface area contributed by atoms with Crippen molar-refractivity contribution in [1.29, 1.82) is 5.26 Å². The number of aromatic nitrogens is 2. The summed E-state index contributed by atoms with van der Waals surface area (Å²) < 4.78 is 33.3. The van der Waals surface area contributed by atoms with E-state index in [0.29, 0.717) is 55.8 Å². The Morgan fingerprint density at radius 3 is 2.61 bits per heavy atom. The molecule has 12 heteroatoms. The van der Waals surface area contributed by atoms with Gasteiger partial charge in [-0.25, -0.2) is 8.42 Å². The minimum atomic E-state index is -3.57. The van der Waals surface area contributed by atoms with Crippen molar-refractivity contribution >= 4 is 21.7 Å². The Morgan fingerprint density at radius 1 is 1.27 bits per heavy atom. The molecule has 11 nitrogen and oxygen atoms in total. The molecule has 2 saturated heterocycles. The molecule has 2 atom stereocenters. The van der Waals surface area contributed by atoms with E-state index in [1.165, 1.54) is 4.68 Å². The van der Waals surface area contributed by atoms with Crippen LogP contribution in [0.15, 0.2) is 24.3 Å². The van der Waals surface area contributed by atoms with Crippen molar-refractivity contribution in [2.24, 2.45) is 7.05 Å². The smallest absolute Gasteiger partial charge is 0.272 e. The minimum Gasteiger partial charge on any atom is -0.375 e. The number of nitrogens with zero attached hydrogens (tertiary/aromatic N) is 5. The monoisotopic (exact) mass is 580 g/mol. The van der Waals surface area contributed by atoms with Crippen molar-refractivity contribution in [3.05, 3.63) is 52.3 Å². The summed E-state index contributed by atoms with van der Waals surface area (Å²) in [6, 6.07) is 9.29. The first-order valence-electron chi connectivity index (χ1n) is 14.2. The molecule has 1 N–H and O–H groups in total. The van der Waals surface area contributed by atoms with Crippen LogP contribution in [0.25, 0.3) is 0 Å². The Morgan fingerprint density at radius 2 is 2.00 bits per heavy atom. The highest BCUT2D eigenvalue weighted by Crippen LogP contribution is 2.50. The summed E-state index contributed by atoms with van der Waals surface area (Å²) in [7, 11) is -1.93. The summed E-state index contributed by atoms with van der Waals surface area (Å²) >= 11 is 0. The number of hydrogen-bond acceptors (Lipinski definition) is 8. The summed E-state index contributed by atoms with van der Waals surface area (Å²) in [6.45, 7) is 6.27. The number of fused-ring (bicyclic) bond motifs is 3. The van der Waals surface area contributed by atoms with Gasteiger partial charge in [-0.15, -0.1) is 0 Å². The number of nitriles is 1. The maximum atomic E-state index is 14.1. The molecule has 41 heavy (non-hydrogen) atoms. The SMILES string of the molecule is Cn1nc(C(=O)NCc2ccc(C#N)cc2)c2c1C(=O)N(CC1(S(=O)(=O)C(C)(C)CN3CC4CC3CO4)CC1)CC2. The Bertz CT molecular complexity index is 1540. The van der Waals surface area contributed by atoms with Gasteiger partial charge in [0.1, 0.15) is 5.69 Å². The standard InChI is InChI=1S/C29H36N6O5S/c1-28(2,17-35-15-22-12-21(35)16-40-22)41(38,39)29(9-10-29)18-34-11-8-23-24(32-33(3)25(23)27(34)37)26(36)31-14-20-6-4-19(13-30)5-7-20/h4-7,21-22H,8-12,14-18H2,1-3H3,(H,31,36). The fourth-order valence-electron chi connectivity index (χ4n) is 6.70. The summed E-state index contributed by atoms with van der Waals surface area (Å²) in [6.07, 6.45) is 2.67. The number of hydrogen-bond donors (Lipinski definition) is 1. The molecular weight excluding hydrogens is 544 g/mol. The van der Waals surface area contributed by atoms with E-state index in [2.05, 4.69) is 21.4 Å².